The molecule has 0 aliphatic carbocycles. The van der Waals surface area contributed by atoms with Crippen molar-refractivity contribution < 1.29 is 9.59 Å². The van der Waals surface area contributed by atoms with Crippen LogP contribution in [0.25, 0.3) is 0 Å². The van der Waals surface area contributed by atoms with Crippen LogP contribution < -0.4 is 16.8 Å². The summed E-state index contributed by atoms with van der Waals surface area (Å²) in [6.45, 7) is 5.34. The van der Waals surface area contributed by atoms with Crippen LogP contribution in [0.2, 0.25) is 0 Å². The number of carbonyl (C=O) groups excluding carboxylic acids is 2. The second-order valence-electron chi connectivity index (χ2n) is 5.25. The van der Waals surface area contributed by atoms with Gasteiger partial charge in [-0.25, -0.2) is 0 Å². The minimum atomic E-state index is -0.823. The molecule has 2 amide bonds. The average Bonchev–Trinajstić information content (AvgIpc) is 2.37. The van der Waals surface area contributed by atoms with Crippen molar-refractivity contribution in [3.8, 4) is 0 Å². The van der Waals surface area contributed by atoms with Crippen molar-refractivity contribution in [2.24, 2.45) is 11.5 Å². The van der Waals surface area contributed by atoms with Crippen LogP contribution in [0.5, 0.6) is 0 Å². The Bertz CT molecular complexity index is 301. The molecule has 0 radical (unpaired) electrons. The van der Waals surface area contributed by atoms with Crippen LogP contribution in [0, 0.1) is 0 Å². The van der Waals surface area contributed by atoms with E-state index in [4.69, 9.17) is 11.5 Å². The number of hydrogen-bond donors (Lipinski definition) is 3. The fourth-order valence-electron chi connectivity index (χ4n) is 2.30. The number of nitrogens with one attached hydrogen (secondary N) is 1. The first-order chi connectivity index (χ1) is 9.02. The minimum absolute atomic E-state index is 0.0961. The van der Waals surface area contributed by atoms with Crippen molar-refractivity contribution in [2.75, 3.05) is 19.6 Å². The van der Waals surface area contributed by atoms with Crippen molar-refractivity contribution in [3.63, 3.8) is 0 Å². The molecule has 1 unspecified atom stereocenters. The van der Waals surface area contributed by atoms with Gasteiger partial charge in [0.25, 0.3) is 0 Å². The van der Waals surface area contributed by atoms with E-state index >= 15 is 0 Å². The molecule has 0 saturated carbocycles. The van der Waals surface area contributed by atoms with Crippen molar-refractivity contribution in [2.45, 2.75) is 51.1 Å². The Kier molecular flexibility index (Phi) is 6.80. The molecule has 1 saturated heterocycles. The summed E-state index contributed by atoms with van der Waals surface area (Å²) in [5.74, 6) is -0.817. The van der Waals surface area contributed by atoms with Crippen molar-refractivity contribution in [1.29, 1.82) is 0 Å². The topological polar surface area (TPSA) is 101 Å². The van der Waals surface area contributed by atoms with Gasteiger partial charge in [0.1, 0.15) is 0 Å². The Balaban J connectivity index is 2.24. The molecule has 0 aromatic heterocycles. The third-order valence-electron chi connectivity index (χ3n) is 3.52. The lowest BCUT2D eigenvalue weighted by Crippen LogP contribution is -2.50. The fraction of sp³-hybridized carbons (Fsp3) is 0.846. The molecular formula is C13H26N4O2. The second kappa shape index (κ2) is 8.12. The molecule has 6 heteroatoms. The fourth-order valence-corrected chi connectivity index (χ4v) is 2.30. The summed E-state index contributed by atoms with van der Waals surface area (Å²) < 4.78 is 0. The van der Waals surface area contributed by atoms with E-state index < -0.39 is 11.9 Å². The highest BCUT2D eigenvalue weighted by Crippen LogP contribution is 2.11. The number of piperidine rings is 1. The smallest absolute Gasteiger partial charge is 0.237 e. The van der Waals surface area contributed by atoms with Crippen LogP contribution in [0.15, 0.2) is 0 Å². The number of carbonyl (C=O) groups is 2. The second-order valence-corrected chi connectivity index (χ2v) is 5.25. The van der Waals surface area contributed by atoms with E-state index in [1.54, 1.807) is 0 Å². The summed E-state index contributed by atoms with van der Waals surface area (Å²) in [6.07, 6.45) is 4.22. The largest absolute Gasteiger partial charge is 0.370 e. The van der Waals surface area contributed by atoms with Crippen molar-refractivity contribution in [1.82, 2.24) is 10.2 Å². The molecule has 0 aromatic rings. The van der Waals surface area contributed by atoms with Gasteiger partial charge in [-0.1, -0.05) is 13.3 Å². The summed E-state index contributed by atoms with van der Waals surface area (Å²) >= 11 is 0. The van der Waals surface area contributed by atoms with E-state index in [-0.39, 0.29) is 18.4 Å². The molecule has 6 nitrogen and oxygen atoms in total. The quantitative estimate of drug-likeness (QED) is 0.584. The van der Waals surface area contributed by atoms with Crippen LogP contribution in [0.3, 0.4) is 0 Å². The average molecular weight is 270 g/mol. The molecule has 110 valence electrons. The standard InChI is InChI=1S/C13H26N4O2/c1-2-3-6-17-7-4-10(5-8-17)16-13(19)11(14)9-12(15)18/h10-11H,2-9,14H2,1H3,(H2,15,18)(H,16,19). The van der Waals surface area contributed by atoms with E-state index in [2.05, 4.69) is 17.1 Å². The highest BCUT2D eigenvalue weighted by Gasteiger charge is 2.23. The lowest BCUT2D eigenvalue weighted by atomic mass is 10.0. The number of nitrogens with two attached hydrogens (primary N) is 2. The Hall–Kier alpha value is -1.14. The summed E-state index contributed by atoms with van der Waals surface area (Å²) in [4.78, 5) is 24.9. The van der Waals surface area contributed by atoms with Gasteiger partial charge in [-0.2, -0.15) is 0 Å². The highest BCUT2D eigenvalue weighted by molar-refractivity contribution is 5.87. The number of primary amides is 1. The van der Waals surface area contributed by atoms with E-state index in [1.165, 1.54) is 12.8 Å². The summed E-state index contributed by atoms with van der Waals surface area (Å²) in [6, 6.07) is -0.653. The van der Waals surface area contributed by atoms with E-state index in [1.807, 2.05) is 0 Å². The van der Waals surface area contributed by atoms with Gasteiger partial charge in [0.05, 0.1) is 12.5 Å². The third-order valence-corrected chi connectivity index (χ3v) is 3.52. The zero-order valence-electron chi connectivity index (χ0n) is 11.7. The summed E-state index contributed by atoms with van der Waals surface area (Å²) in [7, 11) is 0. The van der Waals surface area contributed by atoms with Gasteiger partial charge < -0.3 is 21.7 Å². The van der Waals surface area contributed by atoms with Crippen LogP contribution in [0.1, 0.15) is 39.0 Å². The molecular weight excluding hydrogens is 244 g/mol. The maximum atomic E-state index is 11.7. The maximum absolute atomic E-state index is 11.7. The van der Waals surface area contributed by atoms with Gasteiger partial charge >= 0.3 is 0 Å². The molecule has 1 rings (SSSR count). The van der Waals surface area contributed by atoms with E-state index in [9.17, 15) is 9.59 Å². The van der Waals surface area contributed by atoms with Gasteiger partial charge in [0, 0.05) is 19.1 Å². The Labute approximate surface area is 114 Å². The van der Waals surface area contributed by atoms with E-state index in [0.717, 1.165) is 32.5 Å². The van der Waals surface area contributed by atoms with Crippen LogP contribution in [-0.4, -0.2) is 48.4 Å². The molecule has 19 heavy (non-hydrogen) atoms. The zero-order valence-corrected chi connectivity index (χ0v) is 11.7. The first kappa shape index (κ1) is 15.9. The van der Waals surface area contributed by atoms with E-state index in [0.29, 0.717) is 0 Å². The predicted molar refractivity (Wildman–Crippen MR) is 74.3 cm³/mol. The molecule has 1 atom stereocenters. The molecule has 5 N–H and O–H groups in total. The van der Waals surface area contributed by atoms with Gasteiger partial charge in [-0.05, 0) is 25.8 Å². The summed E-state index contributed by atoms with van der Waals surface area (Å²) in [5, 5.41) is 2.90. The maximum Gasteiger partial charge on any atom is 0.237 e. The van der Waals surface area contributed by atoms with Crippen LogP contribution in [0.4, 0.5) is 0 Å². The lowest BCUT2D eigenvalue weighted by molar-refractivity contribution is -0.127. The van der Waals surface area contributed by atoms with Gasteiger partial charge in [-0.15, -0.1) is 0 Å². The number of nitrogens with zero attached hydrogens (tertiary/aromatic N) is 1. The molecule has 0 spiro atoms. The Morgan fingerprint density at radius 2 is 2.00 bits per heavy atom. The third kappa shape index (κ3) is 6.02. The number of unbranched alkanes of at least 4 members (excludes halogenated alkanes) is 1. The first-order valence-corrected chi connectivity index (χ1v) is 7.09. The number of rotatable bonds is 7. The Morgan fingerprint density at radius 1 is 1.37 bits per heavy atom. The monoisotopic (exact) mass is 270 g/mol. The Morgan fingerprint density at radius 3 is 2.53 bits per heavy atom. The predicted octanol–water partition coefficient (Wildman–Crippen LogP) is -0.430. The van der Waals surface area contributed by atoms with Gasteiger partial charge in [0.2, 0.25) is 11.8 Å². The zero-order chi connectivity index (χ0) is 14.3. The molecule has 1 fully saturated rings. The van der Waals surface area contributed by atoms with Gasteiger partial charge in [-0.3, -0.25) is 9.59 Å². The number of amides is 2. The van der Waals surface area contributed by atoms with Crippen LogP contribution >= 0.6 is 0 Å². The van der Waals surface area contributed by atoms with Crippen molar-refractivity contribution in [3.05, 3.63) is 0 Å². The van der Waals surface area contributed by atoms with Crippen LogP contribution in [-0.2, 0) is 9.59 Å². The normalized spacial score (nSPS) is 19.1. The molecule has 1 heterocycles. The SMILES string of the molecule is CCCCN1CCC(NC(=O)C(N)CC(N)=O)CC1. The molecule has 0 bridgehead atoms. The van der Waals surface area contributed by atoms with Gasteiger partial charge in [0.15, 0.2) is 0 Å². The molecule has 1 aliphatic heterocycles. The number of likely N-dealkylation sites (tertiary alicyclic amines) is 1. The minimum Gasteiger partial charge on any atom is -0.370 e. The number of hydrogen-bond acceptors (Lipinski definition) is 4. The lowest BCUT2D eigenvalue weighted by Gasteiger charge is -2.32. The van der Waals surface area contributed by atoms with Crippen molar-refractivity contribution >= 4 is 11.8 Å². The highest BCUT2D eigenvalue weighted by atomic mass is 16.2. The summed E-state index contributed by atoms with van der Waals surface area (Å²) in [5.41, 5.74) is 10.6. The molecule has 1 aliphatic rings. The molecule has 0 aromatic carbocycles. The first-order valence-electron chi connectivity index (χ1n) is 7.09.